The van der Waals surface area contributed by atoms with Crippen molar-refractivity contribution in [3.8, 4) is 28.6 Å². The fourth-order valence-electron chi connectivity index (χ4n) is 2.64. The zero-order chi connectivity index (χ0) is 17.4. The van der Waals surface area contributed by atoms with Gasteiger partial charge in [0.05, 0.1) is 23.8 Å². The highest BCUT2D eigenvalue weighted by Gasteiger charge is 2.15. The number of hydrogen-bond donors (Lipinski definition) is 1. The quantitative estimate of drug-likeness (QED) is 0.620. The monoisotopic (exact) mass is 336 g/mol. The largest absolute Gasteiger partial charge is 0.291 e. The number of hydrogen-bond acceptors (Lipinski definition) is 4. The van der Waals surface area contributed by atoms with Gasteiger partial charge in [0.15, 0.2) is 0 Å². The Morgan fingerprint density at radius 1 is 1.16 bits per heavy atom. The molecule has 0 aliphatic heterocycles. The van der Waals surface area contributed by atoms with Crippen LogP contribution in [0.4, 0.5) is 8.78 Å². The van der Waals surface area contributed by atoms with Gasteiger partial charge in [-0.25, -0.2) is 18.7 Å². The number of H-pyrrole nitrogens is 1. The molecule has 0 amide bonds. The fraction of sp³-hybridized carbons (Fsp3) is 0.0588. The maximum Gasteiger partial charge on any atom is 0.280 e. The number of pyridine rings is 2. The summed E-state index contributed by atoms with van der Waals surface area (Å²) in [5.41, 5.74) is 3.10. The molecule has 4 aromatic rings. The van der Waals surface area contributed by atoms with E-state index in [4.69, 9.17) is 5.26 Å². The number of aromatic amines is 1. The van der Waals surface area contributed by atoms with Crippen LogP contribution in [0, 0.1) is 11.3 Å². The van der Waals surface area contributed by atoms with E-state index in [-0.39, 0.29) is 5.69 Å². The molecule has 0 radical (unpaired) electrons. The van der Waals surface area contributed by atoms with E-state index < -0.39 is 6.43 Å². The van der Waals surface area contributed by atoms with Gasteiger partial charge in [0.25, 0.3) is 6.43 Å². The van der Waals surface area contributed by atoms with E-state index in [1.165, 1.54) is 18.3 Å². The molecule has 0 bridgehead atoms. The number of imidazole rings is 1. The maximum absolute atomic E-state index is 12.9. The number of halogens is 2. The molecule has 0 aliphatic rings. The minimum atomic E-state index is -2.65. The summed E-state index contributed by atoms with van der Waals surface area (Å²) in [5, 5.41) is 16.0. The van der Waals surface area contributed by atoms with Crippen LogP contribution >= 0.6 is 0 Å². The van der Waals surface area contributed by atoms with Gasteiger partial charge < -0.3 is 0 Å². The van der Waals surface area contributed by atoms with Crippen LogP contribution in [0.1, 0.15) is 17.8 Å². The van der Waals surface area contributed by atoms with E-state index in [2.05, 4.69) is 26.2 Å². The molecule has 4 heterocycles. The second-order valence-electron chi connectivity index (χ2n) is 5.31. The minimum Gasteiger partial charge on any atom is -0.291 e. The Bertz CT molecular complexity index is 1110. The molecule has 0 saturated carbocycles. The van der Waals surface area contributed by atoms with Gasteiger partial charge in [-0.1, -0.05) is 6.07 Å². The number of nitrogens with zero attached hydrogens (tertiary/aromatic N) is 5. The Hall–Kier alpha value is -3.60. The molecule has 0 fully saturated rings. The topological polar surface area (TPSA) is 82.7 Å². The van der Waals surface area contributed by atoms with Gasteiger partial charge in [0.1, 0.15) is 23.1 Å². The molecule has 0 atom stereocenters. The molecule has 122 valence electrons. The summed E-state index contributed by atoms with van der Waals surface area (Å²) in [7, 11) is 0. The van der Waals surface area contributed by atoms with E-state index in [9.17, 15) is 8.78 Å². The fourth-order valence-corrected chi connectivity index (χ4v) is 2.64. The number of fused-ring (bicyclic) bond motifs is 1. The van der Waals surface area contributed by atoms with Crippen molar-refractivity contribution in [2.24, 2.45) is 0 Å². The van der Waals surface area contributed by atoms with Crippen LogP contribution in [0.5, 0.6) is 0 Å². The molecule has 1 N–H and O–H groups in total. The van der Waals surface area contributed by atoms with Crippen LogP contribution in [-0.4, -0.2) is 24.6 Å². The zero-order valence-electron chi connectivity index (χ0n) is 12.7. The van der Waals surface area contributed by atoms with Crippen LogP contribution in [0.2, 0.25) is 0 Å². The second-order valence-corrected chi connectivity index (χ2v) is 5.31. The standard InChI is InChI=1S/C17H10F2N6/c18-17(19)14-3-1-2-13(23-14)16-12(8-22-24-16)10-4-5-15-21-7-11(6-20)25(15)9-10/h1-5,7-9,17H,(H,22,24). The Morgan fingerprint density at radius 2 is 2.04 bits per heavy atom. The first-order chi connectivity index (χ1) is 12.2. The number of rotatable bonds is 3. The summed E-state index contributed by atoms with van der Waals surface area (Å²) < 4.78 is 27.5. The van der Waals surface area contributed by atoms with Gasteiger partial charge in [-0.3, -0.25) is 9.50 Å². The lowest BCUT2D eigenvalue weighted by Gasteiger charge is -2.06. The zero-order valence-corrected chi connectivity index (χ0v) is 12.7. The first kappa shape index (κ1) is 15.0. The van der Waals surface area contributed by atoms with Gasteiger partial charge in [-0.05, 0) is 24.3 Å². The summed E-state index contributed by atoms with van der Waals surface area (Å²) in [6.07, 6.45) is 2.19. The van der Waals surface area contributed by atoms with Crippen molar-refractivity contribution in [2.45, 2.75) is 6.43 Å². The van der Waals surface area contributed by atoms with Crippen molar-refractivity contribution in [3.05, 3.63) is 60.3 Å². The SMILES string of the molecule is N#Cc1cnc2ccc(-c3cn[nH]c3-c3cccc(C(F)F)n3)cn12. The molecular formula is C17H10F2N6. The molecule has 0 spiro atoms. The summed E-state index contributed by atoms with van der Waals surface area (Å²) in [6.45, 7) is 0. The average Bonchev–Trinajstić information content (AvgIpc) is 3.28. The molecule has 0 aromatic carbocycles. The smallest absolute Gasteiger partial charge is 0.280 e. The summed E-state index contributed by atoms with van der Waals surface area (Å²) >= 11 is 0. The highest BCUT2D eigenvalue weighted by Crippen LogP contribution is 2.30. The van der Waals surface area contributed by atoms with Crippen LogP contribution in [0.25, 0.3) is 28.2 Å². The lowest BCUT2D eigenvalue weighted by molar-refractivity contribution is 0.146. The Balaban J connectivity index is 1.85. The number of alkyl halides is 2. The highest BCUT2D eigenvalue weighted by atomic mass is 19.3. The van der Waals surface area contributed by atoms with Gasteiger partial charge in [0, 0.05) is 17.3 Å². The average molecular weight is 336 g/mol. The summed E-state index contributed by atoms with van der Waals surface area (Å²) in [5.74, 6) is 0. The third-order valence-corrected chi connectivity index (χ3v) is 3.82. The predicted molar refractivity (Wildman–Crippen MR) is 85.7 cm³/mol. The van der Waals surface area contributed by atoms with Gasteiger partial charge >= 0.3 is 0 Å². The molecular weight excluding hydrogens is 326 g/mol. The van der Waals surface area contributed by atoms with Crippen molar-refractivity contribution in [1.82, 2.24) is 24.6 Å². The van der Waals surface area contributed by atoms with E-state index >= 15 is 0 Å². The number of aromatic nitrogens is 5. The maximum atomic E-state index is 12.9. The van der Waals surface area contributed by atoms with Crippen LogP contribution < -0.4 is 0 Å². The molecule has 25 heavy (non-hydrogen) atoms. The Labute approximate surface area is 140 Å². The second kappa shape index (κ2) is 5.79. The van der Waals surface area contributed by atoms with Crippen molar-refractivity contribution < 1.29 is 8.78 Å². The normalized spacial score (nSPS) is 11.1. The molecule has 4 rings (SSSR count). The third kappa shape index (κ3) is 2.52. The van der Waals surface area contributed by atoms with Crippen molar-refractivity contribution >= 4 is 5.65 Å². The Morgan fingerprint density at radius 3 is 2.84 bits per heavy atom. The molecule has 0 saturated heterocycles. The lowest BCUT2D eigenvalue weighted by Crippen LogP contribution is -1.94. The van der Waals surface area contributed by atoms with Crippen molar-refractivity contribution in [1.29, 1.82) is 5.26 Å². The van der Waals surface area contributed by atoms with Crippen LogP contribution in [0.15, 0.2) is 48.9 Å². The number of nitrogens with one attached hydrogen (secondary N) is 1. The lowest BCUT2D eigenvalue weighted by atomic mass is 10.1. The molecule has 0 aliphatic carbocycles. The van der Waals surface area contributed by atoms with E-state index in [1.807, 2.05) is 6.07 Å². The molecule has 4 aromatic heterocycles. The van der Waals surface area contributed by atoms with E-state index in [0.29, 0.717) is 28.3 Å². The highest BCUT2D eigenvalue weighted by molar-refractivity contribution is 5.79. The predicted octanol–water partition coefficient (Wildman–Crippen LogP) is 3.60. The third-order valence-electron chi connectivity index (χ3n) is 3.82. The van der Waals surface area contributed by atoms with Gasteiger partial charge in [-0.15, -0.1) is 0 Å². The molecule has 8 heteroatoms. The number of nitriles is 1. The van der Waals surface area contributed by atoms with E-state index in [1.54, 1.807) is 28.9 Å². The first-order valence-corrected chi connectivity index (χ1v) is 7.34. The van der Waals surface area contributed by atoms with Crippen molar-refractivity contribution in [3.63, 3.8) is 0 Å². The summed E-state index contributed by atoms with van der Waals surface area (Å²) in [4.78, 5) is 8.14. The van der Waals surface area contributed by atoms with Crippen LogP contribution in [-0.2, 0) is 0 Å². The Kier molecular flexibility index (Phi) is 3.47. The first-order valence-electron chi connectivity index (χ1n) is 7.34. The van der Waals surface area contributed by atoms with Crippen molar-refractivity contribution in [2.75, 3.05) is 0 Å². The van der Waals surface area contributed by atoms with E-state index in [0.717, 1.165) is 5.56 Å². The van der Waals surface area contributed by atoms with Gasteiger partial charge in [-0.2, -0.15) is 10.4 Å². The molecule has 6 nitrogen and oxygen atoms in total. The van der Waals surface area contributed by atoms with Gasteiger partial charge in [0.2, 0.25) is 0 Å². The minimum absolute atomic E-state index is 0.296. The molecule has 0 unspecified atom stereocenters. The summed E-state index contributed by atoms with van der Waals surface area (Å²) in [6, 6.07) is 10.1. The van der Waals surface area contributed by atoms with Crippen LogP contribution in [0.3, 0.4) is 0 Å².